The van der Waals surface area contributed by atoms with Crippen LogP contribution in [0.3, 0.4) is 0 Å². The Morgan fingerprint density at radius 2 is 2.00 bits per heavy atom. The van der Waals surface area contributed by atoms with E-state index in [1.54, 1.807) is 0 Å². The van der Waals surface area contributed by atoms with Gasteiger partial charge < -0.3 is 11.5 Å². The molecule has 2 aromatic rings. The fourth-order valence-corrected chi connectivity index (χ4v) is 2.50. The van der Waals surface area contributed by atoms with Crippen molar-refractivity contribution in [3.63, 3.8) is 0 Å². The molecule has 0 bridgehead atoms. The zero-order chi connectivity index (χ0) is 13.7. The van der Waals surface area contributed by atoms with Crippen LogP contribution >= 0.6 is 11.3 Å². The normalized spacial score (nSPS) is 10.4. The van der Waals surface area contributed by atoms with Crippen LogP contribution in [0.4, 0.5) is 5.13 Å². The van der Waals surface area contributed by atoms with Gasteiger partial charge in [-0.1, -0.05) is 37.6 Å². The molecule has 0 aliphatic carbocycles. The molecule has 0 fully saturated rings. The van der Waals surface area contributed by atoms with E-state index in [4.69, 9.17) is 11.5 Å². The number of aryl methyl sites for hydroxylation is 1. The number of hydrogen-bond donors (Lipinski definition) is 2. The lowest BCUT2D eigenvalue weighted by Gasteiger charge is -2.01. The minimum atomic E-state index is 0.0378. The van der Waals surface area contributed by atoms with Crippen molar-refractivity contribution in [2.24, 2.45) is 16.5 Å². The molecule has 1 aromatic carbocycles. The first-order valence-electron chi connectivity index (χ1n) is 6.33. The summed E-state index contributed by atoms with van der Waals surface area (Å²) in [6.07, 6.45) is 3.58. The number of nitrogens with two attached hydrogens (primary N) is 2. The molecule has 0 saturated heterocycles. The minimum absolute atomic E-state index is 0.0378. The van der Waals surface area contributed by atoms with Crippen molar-refractivity contribution in [1.82, 2.24) is 4.98 Å². The van der Waals surface area contributed by atoms with E-state index >= 15 is 0 Å². The second-order valence-corrected chi connectivity index (χ2v) is 5.19. The van der Waals surface area contributed by atoms with Gasteiger partial charge in [-0.2, -0.15) is 4.99 Å². The summed E-state index contributed by atoms with van der Waals surface area (Å²) in [5.74, 6) is 0.0378. The summed E-state index contributed by atoms with van der Waals surface area (Å²) in [7, 11) is 0. The Balaban J connectivity index is 2.13. The third-order valence-electron chi connectivity index (χ3n) is 2.79. The van der Waals surface area contributed by atoms with Gasteiger partial charge >= 0.3 is 0 Å². The average Bonchev–Trinajstić information content (AvgIpc) is 2.84. The van der Waals surface area contributed by atoms with Crippen LogP contribution in [0.5, 0.6) is 0 Å². The van der Waals surface area contributed by atoms with Crippen LogP contribution in [-0.4, -0.2) is 10.9 Å². The van der Waals surface area contributed by atoms with Crippen LogP contribution in [-0.2, 0) is 6.42 Å². The van der Waals surface area contributed by atoms with Crippen molar-refractivity contribution in [1.29, 1.82) is 0 Å². The van der Waals surface area contributed by atoms with Gasteiger partial charge in [0.2, 0.25) is 5.13 Å². The Kier molecular flexibility index (Phi) is 4.52. The minimum Gasteiger partial charge on any atom is -0.370 e. The molecular weight excluding hydrogens is 256 g/mol. The smallest absolute Gasteiger partial charge is 0.212 e. The first kappa shape index (κ1) is 13.5. The van der Waals surface area contributed by atoms with Gasteiger partial charge in [0, 0.05) is 10.9 Å². The summed E-state index contributed by atoms with van der Waals surface area (Å²) in [6.45, 7) is 2.20. The van der Waals surface area contributed by atoms with Gasteiger partial charge in [0.05, 0.1) is 5.69 Å². The second-order valence-electron chi connectivity index (χ2n) is 4.35. The number of rotatable bonds is 5. The first-order valence-corrected chi connectivity index (χ1v) is 7.21. The molecule has 5 heteroatoms. The van der Waals surface area contributed by atoms with Crippen LogP contribution in [0.1, 0.15) is 25.3 Å². The molecule has 4 nitrogen and oxygen atoms in total. The Morgan fingerprint density at radius 1 is 1.26 bits per heavy atom. The molecule has 1 heterocycles. The number of aliphatic imine (C=N–C) groups is 1. The molecule has 0 spiro atoms. The van der Waals surface area contributed by atoms with Gasteiger partial charge in [0.15, 0.2) is 5.96 Å². The van der Waals surface area contributed by atoms with E-state index < -0.39 is 0 Å². The average molecular weight is 274 g/mol. The molecule has 0 amide bonds. The number of thiazole rings is 1. The lowest BCUT2D eigenvalue weighted by Crippen LogP contribution is -2.21. The van der Waals surface area contributed by atoms with E-state index in [-0.39, 0.29) is 5.96 Å². The molecule has 0 radical (unpaired) electrons. The van der Waals surface area contributed by atoms with E-state index in [0.717, 1.165) is 17.7 Å². The van der Waals surface area contributed by atoms with Crippen molar-refractivity contribution in [3.05, 3.63) is 35.2 Å². The highest BCUT2D eigenvalue weighted by Crippen LogP contribution is 2.26. The maximum absolute atomic E-state index is 5.33. The van der Waals surface area contributed by atoms with Crippen LogP contribution in [0.2, 0.25) is 0 Å². The predicted octanol–water partition coefficient (Wildman–Crippen LogP) is 3.06. The maximum atomic E-state index is 5.33. The summed E-state index contributed by atoms with van der Waals surface area (Å²) in [5.41, 5.74) is 14.0. The zero-order valence-electron chi connectivity index (χ0n) is 11.0. The maximum Gasteiger partial charge on any atom is 0.212 e. The van der Waals surface area contributed by atoms with Crippen LogP contribution in [0, 0.1) is 0 Å². The van der Waals surface area contributed by atoms with E-state index in [1.165, 1.54) is 29.7 Å². The highest BCUT2D eigenvalue weighted by Gasteiger charge is 2.04. The lowest BCUT2D eigenvalue weighted by molar-refractivity contribution is 0.795. The molecule has 0 unspecified atom stereocenters. The molecule has 4 N–H and O–H groups in total. The summed E-state index contributed by atoms with van der Waals surface area (Å²) in [5, 5.41) is 2.55. The Labute approximate surface area is 117 Å². The molecule has 0 saturated carbocycles. The molecule has 0 atom stereocenters. The SMILES string of the molecule is CCCCc1ccc(-c2csc(N=C(N)N)n2)cc1. The van der Waals surface area contributed by atoms with E-state index in [0.29, 0.717) is 5.13 Å². The zero-order valence-corrected chi connectivity index (χ0v) is 11.8. The molecular formula is C14H18N4S. The molecule has 1 aromatic heterocycles. The summed E-state index contributed by atoms with van der Waals surface area (Å²) >= 11 is 1.43. The Morgan fingerprint density at radius 3 is 2.63 bits per heavy atom. The van der Waals surface area contributed by atoms with E-state index in [9.17, 15) is 0 Å². The summed E-state index contributed by atoms with van der Waals surface area (Å²) in [4.78, 5) is 8.33. The highest BCUT2D eigenvalue weighted by molar-refractivity contribution is 7.13. The summed E-state index contributed by atoms with van der Waals surface area (Å²) < 4.78 is 0. The van der Waals surface area contributed by atoms with Crippen LogP contribution in [0.25, 0.3) is 11.3 Å². The van der Waals surface area contributed by atoms with Crippen molar-refractivity contribution in [3.8, 4) is 11.3 Å². The van der Waals surface area contributed by atoms with Gasteiger partial charge in [0.1, 0.15) is 0 Å². The van der Waals surface area contributed by atoms with Gasteiger partial charge in [-0.05, 0) is 18.4 Å². The third kappa shape index (κ3) is 3.79. The van der Waals surface area contributed by atoms with E-state index in [1.807, 2.05) is 5.38 Å². The van der Waals surface area contributed by atoms with Crippen LogP contribution in [0.15, 0.2) is 34.6 Å². The quantitative estimate of drug-likeness (QED) is 0.649. The number of aromatic nitrogens is 1. The summed E-state index contributed by atoms with van der Waals surface area (Å²) in [6, 6.07) is 8.51. The Hall–Kier alpha value is -1.88. The lowest BCUT2D eigenvalue weighted by atomic mass is 10.1. The van der Waals surface area contributed by atoms with Gasteiger partial charge in [-0.25, -0.2) is 4.98 Å². The van der Waals surface area contributed by atoms with Gasteiger partial charge in [-0.3, -0.25) is 0 Å². The molecule has 19 heavy (non-hydrogen) atoms. The van der Waals surface area contributed by atoms with Crippen molar-refractivity contribution in [2.75, 3.05) is 0 Å². The van der Waals surface area contributed by atoms with Gasteiger partial charge in [0.25, 0.3) is 0 Å². The van der Waals surface area contributed by atoms with E-state index in [2.05, 4.69) is 41.2 Å². The molecule has 100 valence electrons. The number of nitrogens with zero attached hydrogens (tertiary/aromatic N) is 2. The fraction of sp³-hybridized carbons (Fsp3) is 0.286. The third-order valence-corrected chi connectivity index (χ3v) is 3.52. The molecule has 2 rings (SSSR count). The topological polar surface area (TPSA) is 77.3 Å². The van der Waals surface area contributed by atoms with Gasteiger partial charge in [-0.15, -0.1) is 11.3 Å². The van der Waals surface area contributed by atoms with Crippen molar-refractivity contribution in [2.45, 2.75) is 26.2 Å². The predicted molar refractivity (Wildman–Crippen MR) is 81.6 cm³/mol. The monoisotopic (exact) mass is 274 g/mol. The fourth-order valence-electron chi connectivity index (χ4n) is 1.78. The van der Waals surface area contributed by atoms with Crippen molar-refractivity contribution < 1.29 is 0 Å². The number of guanidine groups is 1. The first-order chi connectivity index (χ1) is 9.19. The second kappa shape index (κ2) is 6.33. The number of hydrogen-bond acceptors (Lipinski definition) is 3. The largest absolute Gasteiger partial charge is 0.370 e. The van der Waals surface area contributed by atoms with Crippen LogP contribution < -0.4 is 11.5 Å². The van der Waals surface area contributed by atoms with Crippen molar-refractivity contribution >= 4 is 22.4 Å². The standard InChI is InChI=1S/C14H18N4S/c1-2-3-4-10-5-7-11(8-6-10)12-9-19-14(17-12)18-13(15)16/h5-9H,2-4H2,1H3,(H4,15,16,17,18). The number of benzene rings is 1. The molecule has 0 aliphatic rings. The number of unbranched alkanes of at least 4 members (excludes halogenated alkanes) is 1. The Bertz CT molecular complexity index is 553. The highest BCUT2D eigenvalue weighted by atomic mass is 32.1. The molecule has 0 aliphatic heterocycles.